The minimum atomic E-state index is 0. The zero-order chi connectivity index (χ0) is 15.5. The van der Waals surface area contributed by atoms with E-state index < -0.39 is 0 Å². The van der Waals surface area contributed by atoms with E-state index in [4.69, 9.17) is 5.73 Å². The highest BCUT2D eigenvalue weighted by atomic mass is 35.5. The van der Waals surface area contributed by atoms with Crippen molar-refractivity contribution in [1.82, 2.24) is 9.55 Å². The summed E-state index contributed by atoms with van der Waals surface area (Å²) in [6, 6.07) is 14.3. The second-order valence-electron chi connectivity index (χ2n) is 5.65. The Morgan fingerprint density at radius 1 is 1.13 bits per heavy atom. The Labute approximate surface area is 142 Å². The van der Waals surface area contributed by atoms with Crippen LogP contribution in [0.5, 0.6) is 0 Å². The highest BCUT2D eigenvalue weighted by Gasteiger charge is 2.05. The average molecular weight is 329 g/mol. The van der Waals surface area contributed by atoms with Crippen LogP contribution in [0.4, 0.5) is 17.1 Å². The fraction of sp³-hybridized carbons (Fsp3) is 0.167. The second kappa shape index (κ2) is 7.20. The normalized spacial score (nSPS) is 10.4. The standard InChI is InChI=1S/C18H20N4.ClH/c1-13(2)14-6-7-18(17(19)10-14)21-15-4-3-5-16(11-15)22-9-8-20-12-22;/h3-13,21H,19H2,1-2H3;1H. The van der Waals surface area contributed by atoms with Crippen LogP contribution >= 0.6 is 12.4 Å². The van der Waals surface area contributed by atoms with E-state index in [1.165, 1.54) is 5.56 Å². The fourth-order valence-corrected chi connectivity index (χ4v) is 2.37. The molecule has 0 atom stereocenters. The van der Waals surface area contributed by atoms with Gasteiger partial charge in [-0.3, -0.25) is 0 Å². The van der Waals surface area contributed by atoms with Crippen molar-refractivity contribution < 1.29 is 0 Å². The van der Waals surface area contributed by atoms with Crippen molar-refractivity contribution in [2.45, 2.75) is 19.8 Å². The summed E-state index contributed by atoms with van der Waals surface area (Å²) in [6.45, 7) is 4.33. The SMILES string of the molecule is CC(C)c1ccc(Nc2cccc(-n3ccnc3)c2)c(N)c1.Cl. The predicted octanol–water partition coefficient (Wildman–Crippen LogP) is 4.74. The Hall–Kier alpha value is -2.46. The van der Waals surface area contributed by atoms with Gasteiger partial charge in [0.05, 0.1) is 17.7 Å². The van der Waals surface area contributed by atoms with Gasteiger partial charge in [0.25, 0.3) is 0 Å². The Bertz CT molecular complexity index is 766. The Balaban J connectivity index is 0.00000192. The van der Waals surface area contributed by atoms with Gasteiger partial charge in [-0.1, -0.05) is 26.0 Å². The molecule has 0 aliphatic rings. The maximum Gasteiger partial charge on any atom is 0.0991 e. The number of rotatable bonds is 4. The molecular formula is C18H21ClN4. The van der Waals surface area contributed by atoms with Crippen LogP contribution in [0, 0.1) is 0 Å². The highest BCUT2D eigenvalue weighted by Crippen LogP contribution is 2.27. The molecule has 0 spiro atoms. The lowest BCUT2D eigenvalue weighted by Gasteiger charge is -2.13. The van der Waals surface area contributed by atoms with Crippen molar-refractivity contribution in [1.29, 1.82) is 0 Å². The highest BCUT2D eigenvalue weighted by molar-refractivity contribution is 5.85. The van der Waals surface area contributed by atoms with Crippen LogP contribution in [0.2, 0.25) is 0 Å². The molecule has 0 saturated heterocycles. The molecule has 0 bridgehead atoms. The Morgan fingerprint density at radius 2 is 1.96 bits per heavy atom. The topological polar surface area (TPSA) is 55.9 Å². The largest absolute Gasteiger partial charge is 0.397 e. The van der Waals surface area contributed by atoms with Crippen LogP contribution in [0.1, 0.15) is 25.3 Å². The van der Waals surface area contributed by atoms with Gasteiger partial charge in [0, 0.05) is 23.8 Å². The van der Waals surface area contributed by atoms with Crippen molar-refractivity contribution in [2.75, 3.05) is 11.1 Å². The lowest BCUT2D eigenvalue weighted by atomic mass is 10.0. The molecule has 2 aromatic carbocycles. The molecule has 1 heterocycles. The lowest BCUT2D eigenvalue weighted by molar-refractivity contribution is 0.867. The van der Waals surface area contributed by atoms with Gasteiger partial charge >= 0.3 is 0 Å². The maximum atomic E-state index is 6.16. The molecule has 0 amide bonds. The Morgan fingerprint density at radius 3 is 2.61 bits per heavy atom. The van der Waals surface area contributed by atoms with Gasteiger partial charge < -0.3 is 15.6 Å². The van der Waals surface area contributed by atoms with Gasteiger partial charge in [0.2, 0.25) is 0 Å². The van der Waals surface area contributed by atoms with E-state index in [1.54, 1.807) is 12.5 Å². The summed E-state index contributed by atoms with van der Waals surface area (Å²) < 4.78 is 1.97. The fourth-order valence-electron chi connectivity index (χ4n) is 2.37. The third kappa shape index (κ3) is 3.85. The molecule has 0 aliphatic heterocycles. The summed E-state index contributed by atoms with van der Waals surface area (Å²) in [5.41, 5.74) is 11.1. The van der Waals surface area contributed by atoms with E-state index in [1.807, 2.05) is 41.1 Å². The van der Waals surface area contributed by atoms with E-state index in [0.717, 1.165) is 22.7 Å². The van der Waals surface area contributed by atoms with Crippen LogP contribution in [0.15, 0.2) is 61.2 Å². The van der Waals surface area contributed by atoms with Gasteiger partial charge in [-0.25, -0.2) is 4.98 Å². The number of hydrogen-bond donors (Lipinski definition) is 2. The van der Waals surface area contributed by atoms with Crippen molar-refractivity contribution in [3.05, 3.63) is 66.7 Å². The van der Waals surface area contributed by atoms with E-state index in [2.05, 4.69) is 36.3 Å². The van der Waals surface area contributed by atoms with E-state index in [0.29, 0.717) is 5.92 Å². The first kappa shape index (κ1) is 16.9. The van der Waals surface area contributed by atoms with E-state index >= 15 is 0 Å². The van der Waals surface area contributed by atoms with Crippen LogP contribution in [-0.4, -0.2) is 9.55 Å². The molecule has 3 aromatic rings. The third-order valence-electron chi connectivity index (χ3n) is 3.67. The molecule has 0 unspecified atom stereocenters. The molecule has 120 valence electrons. The molecule has 3 N–H and O–H groups in total. The number of halogens is 1. The van der Waals surface area contributed by atoms with Crippen molar-refractivity contribution >= 4 is 29.5 Å². The molecule has 0 fully saturated rings. The molecular weight excluding hydrogens is 308 g/mol. The van der Waals surface area contributed by atoms with Crippen molar-refractivity contribution in [2.24, 2.45) is 0 Å². The van der Waals surface area contributed by atoms with Crippen LogP contribution in [-0.2, 0) is 0 Å². The van der Waals surface area contributed by atoms with Gasteiger partial charge in [0.15, 0.2) is 0 Å². The molecule has 0 aliphatic carbocycles. The van der Waals surface area contributed by atoms with Crippen LogP contribution < -0.4 is 11.1 Å². The van der Waals surface area contributed by atoms with Gasteiger partial charge in [-0.15, -0.1) is 12.4 Å². The average Bonchev–Trinajstić information content (AvgIpc) is 3.04. The first-order chi connectivity index (χ1) is 10.6. The monoisotopic (exact) mass is 328 g/mol. The molecule has 0 saturated carbocycles. The van der Waals surface area contributed by atoms with E-state index in [-0.39, 0.29) is 12.4 Å². The minimum Gasteiger partial charge on any atom is -0.397 e. The summed E-state index contributed by atoms with van der Waals surface area (Å²) >= 11 is 0. The number of anilines is 3. The molecule has 1 aromatic heterocycles. The number of benzene rings is 2. The zero-order valence-electron chi connectivity index (χ0n) is 13.2. The summed E-state index contributed by atoms with van der Waals surface area (Å²) in [4.78, 5) is 4.08. The van der Waals surface area contributed by atoms with Crippen LogP contribution in [0.3, 0.4) is 0 Å². The molecule has 0 radical (unpaired) electrons. The van der Waals surface area contributed by atoms with Gasteiger partial charge in [-0.2, -0.15) is 0 Å². The van der Waals surface area contributed by atoms with E-state index in [9.17, 15) is 0 Å². The summed E-state index contributed by atoms with van der Waals surface area (Å²) in [6.07, 6.45) is 5.47. The number of nitrogens with zero attached hydrogens (tertiary/aromatic N) is 2. The molecule has 3 rings (SSSR count). The minimum absolute atomic E-state index is 0. The smallest absolute Gasteiger partial charge is 0.0991 e. The lowest BCUT2D eigenvalue weighted by Crippen LogP contribution is -1.99. The van der Waals surface area contributed by atoms with Crippen molar-refractivity contribution in [3.8, 4) is 5.69 Å². The quantitative estimate of drug-likeness (QED) is 0.680. The molecule has 4 nitrogen and oxygen atoms in total. The maximum absolute atomic E-state index is 6.16. The number of nitrogens with two attached hydrogens (primary N) is 1. The first-order valence-electron chi connectivity index (χ1n) is 7.38. The summed E-state index contributed by atoms with van der Waals surface area (Å²) in [5, 5.41) is 3.38. The molecule has 23 heavy (non-hydrogen) atoms. The van der Waals surface area contributed by atoms with Crippen molar-refractivity contribution in [3.63, 3.8) is 0 Å². The number of nitrogen functional groups attached to an aromatic ring is 1. The summed E-state index contributed by atoms with van der Waals surface area (Å²) in [7, 11) is 0. The number of nitrogens with one attached hydrogen (secondary N) is 1. The van der Waals surface area contributed by atoms with Gasteiger partial charge in [-0.05, 0) is 41.8 Å². The number of hydrogen-bond acceptors (Lipinski definition) is 3. The van der Waals surface area contributed by atoms with Crippen LogP contribution in [0.25, 0.3) is 5.69 Å². The summed E-state index contributed by atoms with van der Waals surface area (Å²) in [5.74, 6) is 0.473. The molecule has 5 heteroatoms. The number of aromatic nitrogens is 2. The predicted molar refractivity (Wildman–Crippen MR) is 99.0 cm³/mol. The second-order valence-corrected chi connectivity index (χ2v) is 5.65. The first-order valence-corrected chi connectivity index (χ1v) is 7.38. The number of imidazole rings is 1. The van der Waals surface area contributed by atoms with Gasteiger partial charge in [0.1, 0.15) is 0 Å². The Kier molecular flexibility index (Phi) is 5.29. The third-order valence-corrected chi connectivity index (χ3v) is 3.67. The zero-order valence-corrected chi connectivity index (χ0v) is 14.0.